The standard InChI is InChI=1S/C49H38/c1-32-26-40-23-22-37(30-48(40)44-21-11-20-43(33(44)2)47-19-9-8-17-42(32)47)38-24-25-46-41(29-39-15-6-7-18-45(39)49(46)31-38)28-34-12-10-16-36(27-34)35-13-4-3-5-14-35/h3-25,27-28,30-32H,26,29H2,1-2H3/b41-28+. The zero-order valence-corrected chi connectivity index (χ0v) is 28.1. The van der Waals surface area contributed by atoms with Crippen molar-refractivity contribution in [2.45, 2.75) is 32.6 Å². The summed E-state index contributed by atoms with van der Waals surface area (Å²) in [5.74, 6) is 0.424. The van der Waals surface area contributed by atoms with Crippen LogP contribution in [0.3, 0.4) is 0 Å². The van der Waals surface area contributed by atoms with Crippen molar-refractivity contribution in [1.82, 2.24) is 0 Å². The fourth-order valence-corrected chi connectivity index (χ4v) is 8.25. The number of allylic oxidation sites excluding steroid dienone is 1. The van der Waals surface area contributed by atoms with E-state index in [4.69, 9.17) is 0 Å². The smallest absolute Gasteiger partial charge is 0.00132 e. The summed E-state index contributed by atoms with van der Waals surface area (Å²) < 4.78 is 0. The number of benzene rings is 7. The highest BCUT2D eigenvalue weighted by Crippen LogP contribution is 2.45. The van der Waals surface area contributed by atoms with Crippen molar-refractivity contribution < 1.29 is 0 Å². The van der Waals surface area contributed by atoms with Gasteiger partial charge in [0.1, 0.15) is 0 Å². The number of rotatable bonds is 3. The summed E-state index contributed by atoms with van der Waals surface area (Å²) in [7, 11) is 0. The summed E-state index contributed by atoms with van der Waals surface area (Å²) >= 11 is 0. The van der Waals surface area contributed by atoms with Crippen molar-refractivity contribution in [3.63, 3.8) is 0 Å². The molecule has 1 atom stereocenters. The predicted molar refractivity (Wildman–Crippen MR) is 208 cm³/mol. The molecule has 1 unspecified atom stereocenters. The van der Waals surface area contributed by atoms with Gasteiger partial charge in [-0.2, -0.15) is 0 Å². The van der Waals surface area contributed by atoms with Crippen molar-refractivity contribution >= 4 is 11.6 Å². The van der Waals surface area contributed by atoms with Crippen LogP contribution < -0.4 is 0 Å². The van der Waals surface area contributed by atoms with E-state index in [1.165, 1.54) is 94.6 Å². The van der Waals surface area contributed by atoms with E-state index in [9.17, 15) is 0 Å². The molecule has 2 bridgehead atoms. The van der Waals surface area contributed by atoms with E-state index in [2.05, 4.69) is 178 Å². The van der Waals surface area contributed by atoms with Gasteiger partial charge in [-0.05, 0) is 138 Å². The quantitative estimate of drug-likeness (QED) is 0.183. The van der Waals surface area contributed by atoms with Crippen molar-refractivity contribution in [2.75, 3.05) is 0 Å². The molecule has 0 spiro atoms. The van der Waals surface area contributed by atoms with Gasteiger partial charge in [-0.15, -0.1) is 0 Å². The molecule has 0 fully saturated rings. The summed E-state index contributed by atoms with van der Waals surface area (Å²) in [6.45, 7) is 4.68. The van der Waals surface area contributed by atoms with Gasteiger partial charge in [-0.25, -0.2) is 0 Å². The van der Waals surface area contributed by atoms with Crippen LogP contribution in [-0.4, -0.2) is 0 Å². The van der Waals surface area contributed by atoms with Crippen LogP contribution in [0.25, 0.3) is 67.3 Å². The summed E-state index contributed by atoms with van der Waals surface area (Å²) in [5.41, 5.74) is 22.6. The van der Waals surface area contributed by atoms with Crippen LogP contribution in [0.5, 0.6) is 0 Å². The summed E-state index contributed by atoms with van der Waals surface area (Å²) in [6, 6.07) is 58.7. The lowest BCUT2D eigenvalue weighted by molar-refractivity contribution is 0.763. The molecule has 0 aliphatic heterocycles. The molecule has 0 radical (unpaired) electrons. The molecular formula is C49H38. The Labute approximate surface area is 290 Å². The Kier molecular flexibility index (Phi) is 7.24. The van der Waals surface area contributed by atoms with Crippen molar-refractivity contribution in [1.29, 1.82) is 0 Å². The molecular weight excluding hydrogens is 589 g/mol. The molecule has 0 amide bonds. The summed E-state index contributed by atoms with van der Waals surface area (Å²) in [6.07, 6.45) is 4.33. The van der Waals surface area contributed by atoms with Crippen molar-refractivity contribution in [3.05, 3.63) is 191 Å². The van der Waals surface area contributed by atoms with E-state index < -0.39 is 0 Å². The van der Waals surface area contributed by atoms with Gasteiger partial charge in [0.05, 0.1) is 0 Å². The van der Waals surface area contributed by atoms with Crippen LogP contribution in [0.15, 0.2) is 158 Å². The lowest BCUT2D eigenvalue weighted by atomic mass is 9.80. The van der Waals surface area contributed by atoms with Gasteiger partial charge in [0.25, 0.3) is 0 Å². The highest BCUT2D eigenvalue weighted by atomic mass is 14.3. The molecule has 7 aromatic rings. The third-order valence-corrected chi connectivity index (χ3v) is 10.8. The van der Waals surface area contributed by atoms with Crippen LogP contribution in [0, 0.1) is 6.92 Å². The molecule has 234 valence electrons. The van der Waals surface area contributed by atoms with Gasteiger partial charge in [0.15, 0.2) is 0 Å². The summed E-state index contributed by atoms with van der Waals surface area (Å²) in [5, 5.41) is 0. The Morgan fingerprint density at radius 2 is 1.08 bits per heavy atom. The highest BCUT2D eigenvalue weighted by Gasteiger charge is 2.23. The van der Waals surface area contributed by atoms with Crippen LogP contribution in [0.2, 0.25) is 0 Å². The average Bonchev–Trinajstić information content (AvgIpc) is 3.16. The molecule has 0 saturated carbocycles. The van der Waals surface area contributed by atoms with E-state index in [1.807, 2.05) is 0 Å². The van der Waals surface area contributed by atoms with Gasteiger partial charge in [-0.3, -0.25) is 0 Å². The van der Waals surface area contributed by atoms with Gasteiger partial charge in [0.2, 0.25) is 0 Å². The molecule has 0 heterocycles. The van der Waals surface area contributed by atoms with E-state index >= 15 is 0 Å². The van der Waals surface area contributed by atoms with Crippen LogP contribution >= 0.6 is 0 Å². The molecule has 49 heavy (non-hydrogen) atoms. The molecule has 0 saturated heterocycles. The predicted octanol–water partition coefficient (Wildman–Crippen LogP) is 13.1. The first kappa shape index (κ1) is 29.4. The Bertz CT molecular complexity index is 2400. The van der Waals surface area contributed by atoms with E-state index in [0.29, 0.717) is 5.92 Å². The Balaban J connectivity index is 1.15. The Morgan fingerprint density at radius 3 is 1.94 bits per heavy atom. The molecule has 9 rings (SSSR count). The Morgan fingerprint density at radius 1 is 0.449 bits per heavy atom. The fraction of sp³-hybridized carbons (Fsp3) is 0.102. The molecule has 0 nitrogen and oxygen atoms in total. The molecule has 2 aliphatic carbocycles. The maximum atomic E-state index is 2.45. The molecule has 2 aliphatic rings. The topological polar surface area (TPSA) is 0 Å². The second-order valence-electron chi connectivity index (χ2n) is 13.8. The van der Waals surface area contributed by atoms with Gasteiger partial charge < -0.3 is 0 Å². The zero-order chi connectivity index (χ0) is 32.9. The first-order valence-corrected chi connectivity index (χ1v) is 17.5. The summed E-state index contributed by atoms with van der Waals surface area (Å²) in [4.78, 5) is 0. The highest BCUT2D eigenvalue weighted by molar-refractivity contribution is 5.96. The van der Waals surface area contributed by atoms with Crippen molar-refractivity contribution in [2.24, 2.45) is 0 Å². The molecule has 0 aromatic heterocycles. The normalized spacial score (nSPS) is 15.2. The van der Waals surface area contributed by atoms with E-state index in [0.717, 1.165) is 12.8 Å². The minimum absolute atomic E-state index is 0.424. The van der Waals surface area contributed by atoms with Gasteiger partial charge in [-0.1, -0.05) is 153 Å². The second-order valence-corrected chi connectivity index (χ2v) is 13.8. The lowest BCUT2D eigenvalue weighted by Gasteiger charge is -2.24. The first-order chi connectivity index (χ1) is 24.1. The largest absolute Gasteiger partial charge is 0.0622 e. The van der Waals surface area contributed by atoms with Crippen LogP contribution in [0.1, 0.15) is 46.2 Å². The van der Waals surface area contributed by atoms with E-state index in [1.54, 1.807) is 0 Å². The lowest BCUT2D eigenvalue weighted by Crippen LogP contribution is -2.04. The Hall–Kier alpha value is -5.72. The van der Waals surface area contributed by atoms with Crippen molar-refractivity contribution in [3.8, 4) is 55.6 Å². The van der Waals surface area contributed by atoms with Gasteiger partial charge in [0, 0.05) is 0 Å². The number of hydrogen-bond donors (Lipinski definition) is 0. The SMILES string of the molecule is Cc1c2cccc1-c1ccccc1C(C)Cc1ccc(-c3ccc4c(c3)-c3ccccc3C/C4=C\c3cccc(-c4ccccc4)c3)cc1-2. The van der Waals surface area contributed by atoms with Crippen LogP contribution in [0.4, 0.5) is 0 Å². The molecule has 0 N–H and O–H groups in total. The third-order valence-electron chi connectivity index (χ3n) is 10.8. The maximum absolute atomic E-state index is 2.45. The maximum Gasteiger partial charge on any atom is -0.00132 e. The minimum Gasteiger partial charge on any atom is -0.0622 e. The van der Waals surface area contributed by atoms with E-state index in [-0.39, 0.29) is 0 Å². The monoisotopic (exact) mass is 626 g/mol. The van der Waals surface area contributed by atoms with Crippen LogP contribution in [-0.2, 0) is 12.8 Å². The fourth-order valence-electron chi connectivity index (χ4n) is 8.25. The average molecular weight is 627 g/mol. The molecule has 7 aromatic carbocycles. The third kappa shape index (κ3) is 5.25. The number of fused-ring (bicyclic) bond motifs is 9. The second kappa shape index (κ2) is 12.1. The molecule has 0 heteroatoms. The minimum atomic E-state index is 0.424. The number of hydrogen-bond acceptors (Lipinski definition) is 0. The zero-order valence-electron chi connectivity index (χ0n) is 28.1. The first-order valence-electron chi connectivity index (χ1n) is 17.5. The van der Waals surface area contributed by atoms with Gasteiger partial charge >= 0.3 is 0 Å².